The number of hydrogen-bond donors (Lipinski definition) is 2. The van der Waals surface area contributed by atoms with Crippen LogP contribution in [-0.4, -0.2) is 53.6 Å². The molecule has 2 aliphatic carbocycles. The summed E-state index contributed by atoms with van der Waals surface area (Å²) in [7, 11) is 1.79. The first-order valence-corrected chi connectivity index (χ1v) is 11.5. The minimum absolute atomic E-state index is 0.00334. The standard InChI is InChI=1S/C24H34N4O3/c1-23(2,3)14-28-19-9-8-18(25-20(19)26(4)22(28)30)17-12-16-7-6-15(17)13-27(16)21(29)24(31)10-5-11-24/h8-9,12,15-16,21,29,31H,5-7,10-11,13-14H2,1-4H3. The van der Waals surface area contributed by atoms with Gasteiger partial charge in [0.1, 0.15) is 11.8 Å². The number of aliphatic hydroxyl groups is 2. The van der Waals surface area contributed by atoms with E-state index >= 15 is 0 Å². The predicted molar refractivity (Wildman–Crippen MR) is 120 cm³/mol. The molecule has 4 heterocycles. The van der Waals surface area contributed by atoms with Gasteiger partial charge in [-0.15, -0.1) is 0 Å². The molecule has 4 aliphatic rings. The minimum Gasteiger partial charge on any atom is -0.386 e. The first kappa shape index (κ1) is 20.9. The predicted octanol–water partition coefficient (Wildman–Crippen LogP) is 2.49. The second-order valence-corrected chi connectivity index (χ2v) is 11.0. The zero-order valence-electron chi connectivity index (χ0n) is 19.0. The highest BCUT2D eigenvalue weighted by molar-refractivity contribution is 5.77. The van der Waals surface area contributed by atoms with E-state index in [-0.39, 0.29) is 23.1 Å². The average Bonchev–Trinajstić information content (AvgIpc) is 2.95. The highest BCUT2D eigenvalue weighted by Crippen LogP contribution is 2.44. The molecule has 0 radical (unpaired) electrons. The highest BCUT2D eigenvalue weighted by Gasteiger charge is 2.48. The van der Waals surface area contributed by atoms with E-state index in [0.717, 1.165) is 42.7 Å². The third kappa shape index (κ3) is 3.38. The largest absolute Gasteiger partial charge is 0.386 e. The summed E-state index contributed by atoms with van der Waals surface area (Å²) in [5.41, 5.74) is 2.73. The van der Waals surface area contributed by atoms with E-state index in [1.807, 2.05) is 16.7 Å². The third-order valence-electron chi connectivity index (χ3n) is 7.40. The van der Waals surface area contributed by atoms with Crippen molar-refractivity contribution < 1.29 is 10.2 Å². The first-order chi connectivity index (χ1) is 14.6. The van der Waals surface area contributed by atoms with Crippen molar-refractivity contribution in [2.45, 2.75) is 77.3 Å². The Bertz CT molecular complexity index is 1100. The number of imidazole rings is 1. The fourth-order valence-electron chi connectivity index (χ4n) is 5.54. The summed E-state index contributed by atoms with van der Waals surface area (Å²) in [6, 6.07) is 4.18. The fraction of sp³-hybridized carbons (Fsp3) is 0.667. The molecule has 2 N–H and O–H groups in total. The van der Waals surface area contributed by atoms with Crippen LogP contribution in [0.5, 0.6) is 0 Å². The van der Waals surface area contributed by atoms with Crippen molar-refractivity contribution in [3.05, 3.63) is 34.4 Å². The van der Waals surface area contributed by atoms with E-state index < -0.39 is 11.8 Å². The van der Waals surface area contributed by atoms with Gasteiger partial charge in [-0.2, -0.15) is 0 Å². The number of rotatable bonds is 4. The number of aromatic nitrogens is 3. The van der Waals surface area contributed by atoms with Crippen LogP contribution in [0, 0.1) is 11.3 Å². The number of hydrogen-bond acceptors (Lipinski definition) is 5. The number of nitrogens with zero attached hydrogens (tertiary/aromatic N) is 4. The van der Waals surface area contributed by atoms with E-state index in [1.54, 1.807) is 11.6 Å². The zero-order valence-corrected chi connectivity index (χ0v) is 19.0. The molecule has 1 saturated heterocycles. The van der Waals surface area contributed by atoms with Crippen molar-refractivity contribution in [2.24, 2.45) is 18.4 Å². The molecule has 2 aliphatic heterocycles. The van der Waals surface area contributed by atoms with Crippen LogP contribution in [0.1, 0.15) is 58.6 Å². The number of fused-ring (bicyclic) bond motifs is 3. The Kier molecular flexibility index (Phi) is 4.74. The summed E-state index contributed by atoms with van der Waals surface area (Å²) in [6.07, 6.45) is 5.81. The topological polar surface area (TPSA) is 83.5 Å². The molecule has 3 atom stereocenters. The van der Waals surface area contributed by atoms with Crippen LogP contribution in [0.2, 0.25) is 0 Å². The highest BCUT2D eigenvalue weighted by atomic mass is 16.4. The number of aliphatic hydroxyl groups excluding tert-OH is 1. The SMILES string of the molecule is Cn1c(=O)n(CC(C)(C)C)c2ccc(C3=CC4CCC3CN4C(O)C3(O)CCC3)nc21. The van der Waals surface area contributed by atoms with Crippen LogP contribution in [0.15, 0.2) is 23.0 Å². The molecule has 7 nitrogen and oxygen atoms in total. The maximum Gasteiger partial charge on any atom is 0.330 e. The minimum atomic E-state index is -0.948. The molecule has 3 unspecified atom stereocenters. The second-order valence-electron chi connectivity index (χ2n) is 11.0. The Morgan fingerprint density at radius 2 is 2.00 bits per heavy atom. The molecular weight excluding hydrogens is 392 g/mol. The second kappa shape index (κ2) is 7.02. The van der Waals surface area contributed by atoms with Gasteiger partial charge in [-0.3, -0.25) is 14.0 Å². The summed E-state index contributed by atoms with van der Waals surface area (Å²) in [5, 5.41) is 21.5. The Balaban J connectivity index is 1.48. The molecule has 2 aromatic rings. The summed E-state index contributed by atoms with van der Waals surface area (Å²) in [4.78, 5) is 19.8. The molecule has 0 amide bonds. The lowest BCUT2D eigenvalue weighted by atomic mass is 9.74. The van der Waals surface area contributed by atoms with Crippen LogP contribution >= 0.6 is 0 Å². The Morgan fingerprint density at radius 3 is 2.58 bits per heavy atom. The molecule has 2 fully saturated rings. The van der Waals surface area contributed by atoms with Gasteiger partial charge in [0.15, 0.2) is 5.65 Å². The zero-order chi connectivity index (χ0) is 22.1. The lowest BCUT2D eigenvalue weighted by Gasteiger charge is -2.52. The van der Waals surface area contributed by atoms with Gasteiger partial charge in [0.2, 0.25) is 0 Å². The van der Waals surface area contributed by atoms with Gasteiger partial charge in [-0.25, -0.2) is 9.78 Å². The molecule has 168 valence electrons. The van der Waals surface area contributed by atoms with Crippen LogP contribution < -0.4 is 5.69 Å². The van der Waals surface area contributed by atoms with Crippen LogP contribution in [0.4, 0.5) is 0 Å². The van der Waals surface area contributed by atoms with Gasteiger partial charge in [0.25, 0.3) is 0 Å². The number of pyridine rings is 1. The Labute approximate surface area is 183 Å². The van der Waals surface area contributed by atoms with E-state index in [9.17, 15) is 15.0 Å². The molecule has 7 heteroatoms. The summed E-state index contributed by atoms with van der Waals surface area (Å²) in [6.45, 7) is 7.77. The monoisotopic (exact) mass is 426 g/mol. The van der Waals surface area contributed by atoms with Crippen molar-refractivity contribution in [3.63, 3.8) is 0 Å². The van der Waals surface area contributed by atoms with Crippen molar-refractivity contribution in [1.82, 2.24) is 19.0 Å². The maximum absolute atomic E-state index is 12.8. The Morgan fingerprint density at radius 1 is 1.26 bits per heavy atom. The quantitative estimate of drug-likeness (QED) is 0.785. The molecular formula is C24H34N4O3. The van der Waals surface area contributed by atoms with Gasteiger partial charge >= 0.3 is 5.69 Å². The Hall–Kier alpha value is -1.96. The van der Waals surface area contributed by atoms with E-state index in [4.69, 9.17) is 4.98 Å². The smallest absolute Gasteiger partial charge is 0.330 e. The van der Waals surface area contributed by atoms with Crippen molar-refractivity contribution in [2.75, 3.05) is 6.54 Å². The summed E-state index contributed by atoms with van der Waals surface area (Å²) >= 11 is 0. The molecule has 0 aromatic carbocycles. The number of aryl methyl sites for hydroxylation is 1. The maximum atomic E-state index is 12.8. The first-order valence-electron chi connectivity index (χ1n) is 11.5. The normalized spacial score (nSPS) is 26.7. The van der Waals surface area contributed by atoms with Gasteiger partial charge in [-0.1, -0.05) is 26.8 Å². The van der Waals surface area contributed by atoms with Crippen molar-refractivity contribution in [1.29, 1.82) is 0 Å². The van der Waals surface area contributed by atoms with Gasteiger partial charge in [0.05, 0.1) is 11.2 Å². The van der Waals surface area contributed by atoms with Gasteiger partial charge in [0, 0.05) is 26.2 Å². The average molecular weight is 427 g/mol. The molecule has 31 heavy (non-hydrogen) atoms. The lowest BCUT2D eigenvalue weighted by molar-refractivity contribution is -0.198. The third-order valence-corrected chi connectivity index (χ3v) is 7.40. The van der Waals surface area contributed by atoms with Crippen molar-refractivity contribution >= 4 is 16.7 Å². The summed E-state index contributed by atoms with van der Waals surface area (Å²) in [5.74, 6) is 0.280. The van der Waals surface area contributed by atoms with Crippen LogP contribution in [0.25, 0.3) is 16.7 Å². The molecule has 0 spiro atoms. The van der Waals surface area contributed by atoms with E-state index in [2.05, 4.69) is 31.7 Å². The van der Waals surface area contributed by atoms with E-state index in [1.165, 1.54) is 5.57 Å². The molecule has 2 aromatic heterocycles. The van der Waals surface area contributed by atoms with Crippen LogP contribution in [-0.2, 0) is 13.6 Å². The number of piperidine rings is 1. The van der Waals surface area contributed by atoms with Gasteiger partial charge < -0.3 is 10.2 Å². The molecule has 1 saturated carbocycles. The molecule has 6 rings (SSSR count). The van der Waals surface area contributed by atoms with E-state index in [0.29, 0.717) is 19.4 Å². The van der Waals surface area contributed by atoms with Crippen molar-refractivity contribution in [3.8, 4) is 0 Å². The van der Waals surface area contributed by atoms with Crippen LogP contribution in [0.3, 0.4) is 0 Å². The fourth-order valence-corrected chi connectivity index (χ4v) is 5.54. The molecule has 2 bridgehead atoms. The summed E-state index contributed by atoms with van der Waals surface area (Å²) < 4.78 is 3.47. The van der Waals surface area contributed by atoms with Gasteiger partial charge in [-0.05, 0) is 61.1 Å². The lowest BCUT2D eigenvalue weighted by Crippen LogP contribution is -2.62.